The van der Waals surface area contributed by atoms with Gasteiger partial charge in [-0.1, -0.05) is 13.3 Å². The van der Waals surface area contributed by atoms with Gasteiger partial charge in [-0.2, -0.15) is 0 Å². The molecule has 2 unspecified atom stereocenters. The van der Waals surface area contributed by atoms with Gasteiger partial charge >= 0.3 is 0 Å². The van der Waals surface area contributed by atoms with Crippen LogP contribution in [-0.2, 0) is 0 Å². The maximum absolute atomic E-state index is 2.27. The normalized spacial score (nSPS) is 34.5. The van der Waals surface area contributed by atoms with Gasteiger partial charge in [-0.25, -0.2) is 0 Å². The summed E-state index contributed by atoms with van der Waals surface area (Å²) in [6, 6.07) is 0. The fourth-order valence-corrected chi connectivity index (χ4v) is 1.50. The van der Waals surface area contributed by atoms with Crippen LogP contribution in [0.1, 0.15) is 19.8 Å². The molecule has 0 bridgehead atoms. The Kier molecular flexibility index (Phi) is 1.48. The average molecular weight is 102 g/mol. The number of hydrogen-bond donors (Lipinski definition) is 0. The van der Waals surface area contributed by atoms with E-state index in [9.17, 15) is 0 Å². The highest BCUT2D eigenvalue weighted by Crippen LogP contribution is 2.41. The number of hydrogen-bond acceptors (Lipinski definition) is 0. The van der Waals surface area contributed by atoms with Crippen LogP contribution < -0.4 is 0 Å². The standard InChI is InChI=1S/C5H11P/c1-2-3-5-4-6-5/h5-6H,2-4H2,1H3. The molecule has 0 aliphatic carbocycles. The lowest BCUT2D eigenvalue weighted by atomic mass is 10.3. The molecule has 2 atom stereocenters. The van der Waals surface area contributed by atoms with Gasteiger partial charge in [0.2, 0.25) is 0 Å². The summed E-state index contributed by atoms with van der Waals surface area (Å²) in [5, 5.41) is 0. The smallest absolute Gasteiger partial charge is 0.0199 e. The molecule has 1 heteroatoms. The Hall–Kier alpha value is 0.430. The van der Waals surface area contributed by atoms with Crippen molar-refractivity contribution in [3.63, 3.8) is 0 Å². The van der Waals surface area contributed by atoms with Gasteiger partial charge in [0.05, 0.1) is 0 Å². The molecule has 0 saturated carbocycles. The van der Waals surface area contributed by atoms with Crippen LogP contribution >= 0.6 is 8.58 Å². The Morgan fingerprint density at radius 3 is 2.67 bits per heavy atom. The van der Waals surface area contributed by atoms with Crippen LogP contribution in [0.15, 0.2) is 0 Å². The summed E-state index contributed by atoms with van der Waals surface area (Å²) in [7, 11) is 1.33. The Balaban J connectivity index is 1.88. The average Bonchev–Trinajstić information content (AvgIpc) is 2.21. The summed E-state index contributed by atoms with van der Waals surface area (Å²) in [6.07, 6.45) is 4.45. The van der Waals surface area contributed by atoms with Crippen molar-refractivity contribution in [1.29, 1.82) is 0 Å². The Morgan fingerprint density at radius 2 is 2.50 bits per heavy atom. The third kappa shape index (κ3) is 1.26. The van der Waals surface area contributed by atoms with E-state index < -0.39 is 0 Å². The van der Waals surface area contributed by atoms with E-state index in [1.54, 1.807) is 6.16 Å². The summed E-state index contributed by atoms with van der Waals surface area (Å²) in [5.41, 5.74) is 1.18. The van der Waals surface area contributed by atoms with Crippen molar-refractivity contribution >= 4 is 8.58 Å². The van der Waals surface area contributed by atoms with E-state index in [2.05, 4.69) is 6.92 Å². The molecule has 1 aliphatic heterocycles. The third-order valence-corrected chi connectivity index (χ3v) is 2.40. The summed E-state index contributed by atoms with van der Waals surface area (Å²) >= 11 is 0. The quantitative estimate of drug-likeness (QED) is 0.467. The third-order valence-electron chi connectivity index (χ3n) is 1.13. The lowest BCUT2D eigenvalue weighted by Crippen LogP contribution is -1.76. The Morgan fingerprint density at radius 1 is 1.83 bits per heavy atom. The summed E-state index contributed by atoms with van der Waals surface area (Å²) in [5.74, 6) is 0. The summed E-state index contributed by atoms with van der Waals surface area (Å²) in [4.78, 5) is 0. The molecule has 0 nitrogen and oxygen atoms in total. The molecule has 1 fully saturated rings. The van der Waals surface area contributed by atoms with Crippen LogP contribution in [0, 0.1) is 0 Å². The zero-order valence-corrected chi connectivity index (χ0v) is 5.20. The minimum Gasteiger partial charge on any atom is -0.118 e. The summed E-state index contributed by atoms with van der Waals surface area (Å²) < 4.78 is 0. The molecule has 1 aliphatic rings. The van der Waals surface area contributed by atoms with Gasteiger partial charge in [-0.3, -0.25) is 0 Å². The Labute approximate surface area is 41.1 Å². The van der Waals surface area contributed by atoms with E-state index in [-0.39, 0.29) is 0 Å². The van der Waals surface area contributed by atoms with Crippen molar-refractivity contribution in [3.05, 3.63) is 0 Å². The second kappa shape index (κ2) is 1.93. The molecule has 0 N–H and O–H groups in total. The van der Waals surface area contributed by atoms with Crippen LogP contribution in [0.4, 0.5) is 0 Å². The van der Waals surface area contributed by atoms with E-state index in [0.717, 1.165) is 0 Å². The Bertz CT molecular complexity index is 39.2. The zero-order chi connectivity index (χ0) is 4.41. The molecule has 36 valence electrons. The van der Waals surface area contributed by atoms with Crippen LogP contribution in [-0.4, -0.2) is 11.8 Å². The van der Waals surface area contributed by atoms with Crippen molar-refractivity contribution in [2.75, 3.05) is 6.16 Å². The number of rotatable bonds is 2. The molecule has 0 aromatic carbocycles. The lowest BCUT2D eigenvalue weighted by molar-refractivity contribution is 0.830. The van der Waals surface area contributed by atoms with E-state index in [0.29, 0.717) is 0 Å². The first kappa shape index (κ1) is 4.59. The minimum absolute atomic E-state index is 1.18. The lowest BCUT2D eigenvalue weighted by Gasteiger charge is -1.82. The molecular weight excluding hydrogens is 91.0 g/mol. The van der Waals surface area contributed by atoms with Crippen LogP contribution in [0.25, 0.3) is 0 Å². The highest BCUT2D eigenvalue weighted by atomic mass is 31.1. The van der Waals surface area contributed by atoms with Gasteiger partial charge in [0.15, 0.2) is 0 Å². The van der Waals surface area contributed by atoms with Crippen LogP contribution in [0.2, 0.25) is 0 Å². The van der Waals surface area contributed by atoms with E-state index in [1.807, 2.05) is 0 Å². The van der Waals surface area contributed by atoms with Crippen molar-refractivity contribution in [3.8, 4) is 0 Å². The predicted octanol–water partition coefficient (Wildman–Crippen LogP) is 1.85. The second-order valence-corrected chi connectivity index (χ2v) is 3.53. The van der Waals surface area contributed by atoms with E-state index >= 15 is 0 Å². The molecule has 0 amide bonds. The van der Waals surface area contributed by atoms with Crippen LogP contribution in [0.5, 0.6) is 0 Å². The SMILES string of the molecule is CCCC1CP1. The van der Waals surface area contributed by atoms with Crippen molar-refractivity contribution in [2.45, 2.75) is 25.4 Å². The second-order valence-electron chi connectivity index (χ2n) is 1.89. The first-order chi connectivity index (χ1) is 2.93. The summed E-state index contributed by atoms with van der Waals surface area (Å²) in [6.45, 7) is 2.27. The van der Waals surface area contributed by atoms with Gasteiger partial charge in [-0.05, 0) is 18.2 Å². The van der Waals surface area contributed by atoms with Gasteiger partial charge in [0.25, 0.3) is 0 Å². The van der Waals surface area contributed by atoms with Crippen molar-refractivity contribution in [2.24, 2.45) is 0 Å². The molecule has 6 heavy (non-hydrogen) atoms. The molecule has 1 rings (SSSR count). The fraction of sp³-hybridized carbons (Fsp3) is 1.00. The van der Waals surface area contributed by atoms with E-state index in [1.165, 1.54) is 27.1 Å². The van der Waals surface area contributed by atoms with Crippen LogP contribution in [0.3, 0.4) is 0 Å². The molecule has 1 saturated heterocycles. The van der Waals surface area contributed by atoms with E-state index in [4.69, 9.17) is 0 Å². The topological polar surface area (TPSA) is 0 Å². The van der Waals surface area contributed by atoms with Crippen molar-refractivity contribution < 1.29 is 0 Å². The predicted molar refractivity (Wildman–Crippen MR) is 31.9 cm³/mol. The van der Waals surface area contributed by atoms with Gasteiger partial charge in [0, 0.05) is 0 Å². The molecule has 0 aromatic heterocycles. The first-order valence-electron chi connectivity index (χ1n) is 2.67. The van der Waals surface area contributed by atoms with Crippen molar-refractivity contribution in [1.82, 2.24) is 0 Å². The minimum atomic E-state index is 1.18. The molecule has 0 spiro atoms. The van der Waals surface area contributed by atoms with Gasteiger partial charge in [-0.15, -0.1) is 8.58 Å². The molecule has 0 radical (unpaired) electrons. The molecule has 1 heterocycles. The zero-order valence-electron chi connectivity index (χ0n) is 4.20. The fourth-order valence-electron chi connectivity index (χ4n) is 0.636. The maximum atomic E-state index is 2.27. The largest absolute Gasteiger partial charge is 0.118 e. The van der Waals surface area contributed by atoms with Gasteiger partial charge in [0.1, 0.15) is 0 Å². The first-order valence-corrected chi connectivity index (χ1v) is 3.95. The highest BCUT2D eigenvalue weighted by Gasteiger charge is 2.18. The molecular formula is C5H11P. The monoisotopic (exact) mass is 102 g/mol. The van der Waals surface area contributed by atoms with Gasteiger partial charge < -0.3 is 0 Å². The highest BCUT2D eigenvalue weighted by molar-refractivity contribution is 7.47. The maximum Gasteiger partial charge on any atom is -0.0199 e. The molecule has 0 aromatic rings.